The van der Waals surface area contributed by atoms with Gasteiger partial charge in [0, 0.05) is 6.42 Å². The molecular formula is C28H41N10O10PSi. The first kappa shape index (κ1) is 36.1. The zero-order valence-electron chi connectivity index (χ0n) is 28.1. The Morgan fingerprint density at radius 2 is 1.60 bits per heavy atom. The van der Waals surface area contributed by atoms with Gasteiger partial charge in [0.1, 0.15) is 60.5 Å². The average Bonchev–Trinajstić information content (AvgIpc) is 3.81. The van der Waals surface area contributed by atoms with E-state index in [2.05, 4.69) is 29.9 Å². The topological polar surface area (TPSA) is 280 Å². The van der Waals surface area contributed by atoms with E-state index in [1.807, 2.05) is 33.9 Å². The van der Waals surface area contributed by atoms with Crippen LogP contribution >= 0.6 is 7.60 Å². The molecule has 4 unspecified atom stereocenters. The number of aliphatic hydroxyl groups excluding tert-OH is 2. The van der Waals surface area contributed by atoms with E-state index >= 15 is 0 Å². The summed E-state index contributed by atoms with van der Waals surface area (Å²) in [6.07, 6.45) is -2.81. The molecule has 4 aromatic rings. The lowest BCUT2D eigenvalue weighted by Crippen LogP contribution is -2.48. The number of aromatic nitrogens is 8. The quantitative estimate of drug-likeness (QED) is 0.102. The predicted molar refractivity (Wildman–Crippen MR) is 178 cm³/mol. The van der Waals surface area contributed by atoms with Crippen LogP contribution in [0.25, 0.3) is 22.3 Å². The Hall–Kier alpha value is -3.66. The second-order valence-electron chi connectivity index (χ2n) is 13.7. The lowest BCUT2D eigenvalue weighted by molar-refractivity contribution is -0.134. The minimum Gasteiger partial charge on any atom is -0.481 e. The summed E-state index contributed by atoms with van der Waals surface area (Å²) in [5.74, 6) is -1.14. The van der Waals surface area contributed by atoms with Crippen LogP contribution in [0, 0.1) is 0 Å². The molecule has 7 N–H and O–H groups in total. The van der Waals surface area contributed by atoms with Crippen molar-refractivity contribution < 1.29 is 47.6 Å². The van der Waals surface area contributed by atoms with Gasteiger partial charge in [0.2, 0.25) is 0 Å². The van der Waals surface area contributed by atoms with E-state index in [0.29, 0.717) is 22.3 Å². The Morgan fingerprint density at radius 3 is 2.18 bits per heavy atom. The van der Waals surface area contributed by atoms with Crippen LogP contribution in [0.2, 0.25) is 18.1 Å². The van der Waals surface area contributed by atoms with Gasteiger partial charge in [-0.3, -0.25) is 18.5 Å². The molecule has 4 aromatic heterocycles. The molecule has 20 nitrogen and oxygen atoms in total. The van der Waals surface area contributed by atoms with E-state index < -0.39 is 84.2 Å². The number of hydrogen-bond donors (Lipinski definition) is 5. The first-order valence-corrected chi connectivity index (χ1v) is 20.4. The third-order valence-corrected chi connectivity index (χ3v) is 15.6. The van der Waals surface area contributed by atoms with Crippen molar-refractivity contribution in [2.75, 3.05) is 30.8 Å². The number of nitrogens with zero attached hydrogens (tertiary/aromatic N) is 8. The molecule has 0 spiro atoms. The summed E-state index contributed by atoms with van der Waals surface area (Å²) in [7, 11) is -7.00. The van der Waals surface area contributed by atoms with Gasteiger partial charge < -0.3 is 49.7 Å². The number of nitrogen functional groups attached to an aromatic ring is 2. The second kappa shape index (κ2) is 13.5. The van der Waals surface area contributed by atoms with Gasteiger partial charge in [-0.15, -0.1) is 0 Å². The molecule has 6 heterocycles. The zero-order chi connectivity index (χ0) is 36.2. The van der Waals surface area contributed by atoms with E-state index in [1.165, 1.54) is 25.3 Å². The summed E-state index contributed by atoms with van der Waals surface area (Å²) in [5.41, 5.74) is 13.3. The minimum atomic E-state index is -4.47. The van der Waals surface area contributed by atoms with Crippen molar-refractivity contribution in [1.82, 2.24) is 39.0 Å². The lowest BCUT2D eigenvalue weighted by atomic mass is 10.1. The fraction of sp³-hybridized carbons (Fsp3) is 0.607. The number of rotatable bonds is 12. The molecule has 2 saturated heterocycles. The average molecular weight is 737 g/mol. The predicted octanol–water partition coefficient (Wildman–Crippen LogP) is 1.44. The fourth-order valence-electron chi connectivity index (χ4n) is 5.68. The Kier molecular flexibility index (Phi) is 9.74. The molecule has 0 radical (unpaired) electrons. The third-order valence-electron chi connectivity index (χ3n) is 9.33. The Balaban J connectivity index is 1.23. The van der Waals surface area contributed by atoms with Crippen molar-refractivity contribution in [3.05, 3.63) is 25.3 Å². The second-order valence-corrected chi connectivity index (χ2v) is 20.5. The van der Waals surface area contributed by atoms with Gasteiger partial charge in [-0.05, 0) is 18.1 Å². The van der Waals surface area contributed by atoms with E-state index in [-0.39, 0.29) is 23.1 Å². The maximum Gasteiger partial charge on any atom is 0.342 e. The number of ether oxygens (including phenoxy) is 2. The molecule has 0 bridgehead atoms. The van der Waals surface area contributed by atoms with Crippen molar-refractivity contribution in [2.24, 2.45) is 0 Å². The number of nitrogens with two attached hydrogens (primary N) is 2. The molecular weight excluding hydrogens is 695 g/mol. The Bertz CT molecular complexity index is 1920. The van der Waals surface area contributed by atoms with Crippen LogP contribution in [-0.4, -0.2) is 119 Å². The number of fused-ring (bicyclic) bond motifs is 2. The summed E-state index contributed by atoms with van der Waals surface area (Å²) >= 11 is 0. The number of aliphatic carboxylic acids is 1. The summed E-state index contributed by atoms with van der Waals surface area (Å²) in [4.78, 5) is 36.9. The highest BCUT2D eigenvalue weighted by Crippen LogP contribution is 2.53. The molecule has 22 heteroatoms. The normalized spacial score (nSPS) is 27.3. The third kappa shape index (κ3) is 6.84. The van der Waals surface area contributed by atoms with Crippen LogP contribution in [0.3, 0.4) is 0 Å². The van der Waals surface area contributed by atoms with Gasteiger partial charge in [-0.1, -0.05) is 20.8 Å². The van der Waals surface area contributed by atoms with Crippen LogP contribution < -0.4 is 11.5 Å². The number of carbonyl (C=O) groups is 1. The molecule has 2 aliphatic rings. The van der Waals surface area contributed by atoms with Gasteiger partial charge in [0.15, 0.2) is 37.5 Å². The number of carboxylic acid groups (broad SMARTS) is 1. The number of imidazole rings is 2. The number of anilines is 2. The summed E-state index contributed by atoms with van der Waals surface area (Å²) in [5, 5.41) is 31.2. The minimum absolute atomic E-state index is 0.0271. The highest BCUT2D eigenvalue weighted by molar-refractivity contribution is 7.54. The first-order chi connectivity index (χ1) is 23.5. The molecule has 2 fully saturated rings. The molecule has 0 amide bonds. The van der Waals surface area contributed by atoms with E-state index in [9.17, 15) is 24.7 Å². The lowest BCUT2D eigenvalue weighted by Gasteiger charge is -2.40. The van der Waals surface area contributed by atoms with Crippen molar-refractivity contribution in [3.8, 4) is 0 Å². The van der Waals surface area contributed by atoms with Crippen LogP contribution in [0.4, 0.5) is 11.6 Å². The van der Waals surface area contributed by atoms with E-state index in [4.69, 9.17) is 34.4 Å². The molecule has 0 aliphatic carbocycles. The Labute approximate surface area is 286 Å². The summed E-state index contributed by atoms with van der Waals surface area (Å²) in [6.45, 7) is 9.11. The van der Waals surface area contributed by atoms with Crippen molar-refractivity contribution in [1.29, 1.82) is 0 Å². The van der Waals surface area contributed by atoms with Crippen LogP contribution in [0.5, 0.6) is 0 Å². The fourth-order valence-corrected chi connectivity index (χ4v) is 8.54. The van der Waals surface area contributed by atoms with Crippen LogP contribution in [0.15, 0.2) is 25.3 Å². The van der Waals surface area contributed by atoms with Gasteiger partial charge in [-0.25, -0.2) is 29.9 Å². The number of hydrogen-bond acceptors (Lipinski definition) is 17. The number of aliphatic hydroxyl groups is 2. The van der Waals surface area contributed by atoms with E-state index in [1.54, 1.807) is 9.13 Å². The van der Waals surface area contributed by atoms with Gasteiger partial charge >= 0.3 is 13.6 Å². The number of carboxylic acids is 1. The van der Waals surface area contributed by atoms with E-state index in [0.717, 1.165) is 0 Å². The molecule has 2 aliphatic heterocycles. The monoisotopic (exact) mass is 736 g/mol. The molecule has 0 saturated carbocycles. The van der Waals surface area contributed by atoms with Crippen LogP contribution in [-0.2, 0) is 32.3 Å². The molecule has 6 rings (SSSR count). The Morgan fingerprint density at radius 1 is 1.00 bits per heavy atom. The van der Waals surface area contributed by atoms with Crippen molar-refractivity contribution in [2.45, 2.75) is 88.3 Å². The maximum absolute atomic E-state index is 14.1. The SMILES string of the molecule is CC(C)(C)[Si](C)(C)OC1C(O)[C@@H](COP(=O)(CC(=O)O)OC2C[C@H](n3cnc4c(N)ncnc43)O[C@@H]2CO)O[C@H]1n1cnc2c(N)ncnc21. The highest BCUT2D eigenvalue weighted by Gasteiger charge is 2.52. The molecule has 272 valence electrons. The largest absolute Gasteiger partial charge is 0.481 e. The van der Waals surface area contributed by atoms with Gasteiger partial charge in [0.05, 0.1) is 32.0 Å². The van der Waals surface area contributed by atoms with Gasteiger partial charge in [0.25, 0.3) is 0 Å². The van der Waals surface area contributed by atoms with Crippen molar-refractivity contribution >= 4 is 55.8 Å². The molecule has 8 atom stereocenters. The zero-order valence-corrected chi connectivity index (χ0v) is 30.0. The first-order valence-electron chi connectivity index (χ1n) is 15.8. The molecule has 50 heavy (non-hydrogen) atoms. The van der Waals surface area contributed by atoms with Crippen LogP contribution in [0.1, 0.15) is 39.6 Å². The summed E-state index contributed by atoms with van der Waals surface area (Å²) in [6, 6.07) is 0. The maximum atomic E-state index is 14.1. The smallest absolute Gasteiger partial charge is 0.342 e. The molecule has 0 aromatic carbocycles. The standard InChI is InChI=1S/C28H41N10O10PSi/c1-28(2,3)50(4,5)48-22-21(42)16(46-27(22)38-13-36-20-24(30)32-11-34-26(20)38)8-44-49(43,9-18(40)41)47-14-6-17(45-15(14)7-39)37-12-35-19-23(29)31-10-33-25(19)37/h10-17,21-22,27,39,42H,6-9H2,1-5H3,(H,40,41)(H2,29,31,33)(H2,30,32,34)/t14?,15-,16-,17-,21?,22?,27-,49?/m1/s1. The summed E-state index contributed by atoms with van der Waals surface area (Å²) < 4.78 is 47.7. The highest BCUT2D eigenvalue weighted by atomic mass is 31.2. The van der Waals surface area contributed by atoms with Gasteiger partial charge in [-0.2, -0.15) is 0 Å². The van der Waals surface area contributed by atoms with Crippen molar-refractivity contribution in [3.63, 3.8) is 0 Å².